The van der Waals surface area contributed by atoms with Crippen LogP contribution in [0.1, 0.15) is 6.92 Å². The Morgan fingerprint density at radius 2 is 1.50 bits per heavy atom. The molecule has 0 bridgehead atoms. The summed E-state index contributed by atoms with van der Waals surface area (Å²) >= 11 is 0. The molecule has 0 N–H and O–H groups in total. The molecule has 1 saturated heterocycles. The van der Waals surface area contributed by atoms with Crippen LogP contribution in [-0.2, 0) is 20.0 Å². The lowest BCUT2D eigenvalue weighted by molar-refractivity contribution is 0.00274. The molecule has 0 aromatic carbocycles. The second-order valence-corrected chi connectivity index (χ2v) is 7.58. The van der Waals surface area contributed by atoms with Crippen molar-refractivity contribution in [3.05, 3.63) is 12.2 Å². The number of alkyl halides is 3. The minimum absolute atomic E-state index is 0.350. The number of nitrogens with zero attached hydrogens (tertiary/aromatic N) is 1. The topological polar surface area (TPSA) is 71.5 Å². The van der Waals surface area contributed by atoms with Crippen molar-refractivity contribution in [1.82, 2.24) is 3.71 Å². The molecule has 5 nitrogen and oxygen atoms in total. The smallest absolute Gasteiger partial charge is 0.212 e. The molecule has 1 heterocycles. The van der Waals surface area contributed by atoms with Crippen molar-refractivity contribution in [2.75, 3.05) is 7.05 Å². The number of sulfonamides is 2. The molecular formula is C6H8F3NO4S2. The van der Waals surface area contributed by atoms with Crippen LogP contribution in [0.25, 0.3) is 0 Å². The Morgan fingerprint density at radius 1 is 1.12 bits per heavy atom. The van der Waals surface area contributed by atoms with E-state index >= 15 is 0 Å². The van der Waals surface area contributed by atoms with Crippen molar-refractivity contribution in [3.63, 3.8) is 0 Å². The molecule has 1 aliphatic heterocycles. The van der Waals surface area contributed by atoms with E-state index in [2.05, 4.69) is 6.58 Å². The minimum Gasteiger partial charge on any atom is -0.212 e. The molecule has 0 saturated carbocycles. The summed E-state index contributed by atoms with van der Waals surface area (Å²) in [6, 6.07) is 0. The Balaban J connectivity index is 3.85. The quantitative estimate of drug-likeness (QED) is 0.652. The summed E-state index contributed by atoms with van der Waals surface area (Å²) in [5, 5.41) is -9.41. The van der Waals surface area contributed by atoms with Gasteiger partial charge in [0.2, 0.25) is 0 Å². The molecule has 1 aliphatic rings. The molecule has 0 aromatic rings. The lowest BCUT2D eigenvalue weighted by Gasteiger charge is -2.22. The predicted molar refractivity (Wildman–Crippen MR) is 49.2 cm³/mol. The zero-order valence-electron chi connectivity index (χ0n) is 8.24. The van der Waals surface area contributed by atoms with E-state index < -0.39 is 39.6 Å². The van der Waals surface area contributed by atoms with Gasteiger partial charge in [0.25, 0.3) is 20.0 Å². The molecule has 10 heteroatoms. The fourth-order valence-electron chi connectivity index (χ4n) is 1.25. The minimum atomic E-state index is -5.59. The average molecular weight is 279 g/mol. The van der Waals surface area contributed by atoms with E-state index in [1.807, 2.05) is 0 Å². The van der Waals surface area contributed by atoms with Crippen LogP contribution < -0.4 is 0 Å². The van der Waals surface area contributed by atoms with E-state index in [1.54, 1.807) is 0 Å². The molecule has 0 radical (unpaired) electrons. The zero-order valence-corrected chi connectivity index (χ0v) is 9.87. The van der Waals surface area contributed by atoms with Gasteiger partial charge in [0, 0.05) is 7.05 Å². The third-order valence-corrected chi connectivity index (χ3v) is 7.19. The lowest BCUT2D eigenvalue weighted by atomic mass is 10.2. The van der Waals surface area contributed by atoms with Crippen LogP contribution in [0.3, 0.4) is 0 Å². The molecule has 1 unspecified atom stereocenters. The summed E-state index contributed by atoms with van der Waals surface area (Å²) in [4.78, 5) is 0. The second-order valence-electron chi connectivity index (χ2n) is 3.28. The van der Waals surface area contributed by atoms with Crippen LogP contribution in [0.15, 0.2) is 12.2 Å². The maximum Gasteiger partial charge on any atom is 0.412 e. The Morgan fingerprint density at radius 3 is 1.62 bits per heavy atom. The van der Waals surface area contributed by atoms with E-state index in [9.17, 15) is 30.0 Å². The van der Waals surface area contributed by atoms with Gasteiger partial charge >= 0.3 is 10.3 Å². The predicted octanol–water partition coefficient (Wildman–Crippen LogP) is 0.426. The van der Waals surface area contributed by atoms with Gasteiger partial charge in [-0.2, -0.15) is 8.78 Å². The molecule has 1 rings (SSSR count). The summed E-state index contributed by atoms with van der Waals surface area (Å²) in [5.74, 6) is 0. The third kappa shape index (κ3) is 1.04. The Kier molecular flexibility index (Phi) is 2.51. The third-order valence-electron chi connectivity index (χ3n) is 2.28. The van der Waals surface area contributed by atoms with E-state index in [1.165, 1.54) is 0 Å². The van der Waals surface area contributed by atoms with Crippen LogP contribution in [-0.4, -0.2) is 37.8 Å². The molecule has 0 spiro atoms. The Labute approximate surface area is 90.6 Å². The second kappa shape index (κ2) is 2.99. The SMILES string of the molecule is C=C(C)C1(F)C(F)(F)S(=O)(=O)N(C)S1(=O)=O. The Hall–Kier alpha value is -0.610. The van der Waals surface area contributed by atoms with Crippen molar-refractivity contribution in [3.8, 4) is 0 Å². The van der Waals surface area contributed by atoms with Gasteiger partial charge in [-0.25, -0.2) is 21.2 Å². The molecular weight excluding hydrogens is 271 g/mol. The summed E-state index contributed by atoms with van der Waals surface area (Å²) in [5.41, 5.74) is -1.09. The number of hydrogen-bond acceptors (Lipinski definition) is 4. The first-order valence-electron chi connectivity index (χ1n) is 3.81. The summed E-state index contributed by atoms with van der Waals surface area (Å²) in [6.45, 7) is 3.46. The number of hydrogen-bond donors (Lipinski definition) is 0. The standard InChI is InChI=1S/C6H8F3NO4S2/c1-4(2)5(7)6(8,9)16(13,14)10(3)15(5,11)12/h1H2,2-3H3. The van der Waals surface area contributed by atoms with Crippen molar-refractivity contribution in [1.29, 1.82) is 0 Å². The maximum atomic E-state index is 13.9. The van der Waals surface area contributed by atoms with Gasteiger partial charge in [0.05, 0.1) is 0 Å². The van der Waals surface area contributed by atoms with Crippen LogP contribution in [0.5, 0.6) is 0 Å². The van der Waals surface area contributed by atoms with E-state index in [0.29, 0.717) is 14.0 Å². The van der Waals surface area contributed by atoms with Gasteiger partial charge in [0.1, 0.15) is 0 Å². The lowest BCUT2D eigenvalue weighted by Crippen LogP contribution is -2.47. The van der Waals surface area contributed by atoms with Crippen molar-refractivity contribution in [2.45, 2.75) is 17.2 Å². The Bertz CT molecular complexity index is 552. The fraction of sp³-hybridized carbons (Fsp3) is 0.667. The van der Waals surface area contributed by atoms with E-state index in [0.717, 1.165) is 0 Å². The molecule has 1 fully saturated rings. The van der Waals surface area contributed by atoms with Crippen LogP contribution in [0, 0.1) is 0 Å². The highest BCUT2D eigenvalue weighted by Gasteiger charge is 2.81. The molecule has 0 amide bonds. The van der Waals surface area contributed by atoms with Gasteiger partial charge in [-0.05, 0) is 12.5 Å². The largest absolute Gasteiger partial charge is 0.412 e. The number of rotatable bonds is 1. The first-order chi connectivity index (χ1) is 6.85. The van der Waals surface area contributed by atoms with E-state index in [-0.39, 0.29) is 0 Å². The highest BCUT2D eigenvalue weighted by Crippen LogP contribution is 2.53. The maximum absolute atomic E-state index is 13.9. The normalized spacial score (nSPS) is 36.1. The highest BCUT2D eigenvalue weighted by molar-refractivity contribution is 8.08. The van der Waals surface area contributed by atoms with Crippen molar-refractivity contribution in [2.24, 2.45) is 0 Å². The monoisotopic (exact) mass is 279 g/mol. The van der Waals surface area contributed by atoms with Crippen molar-refractivity contribution < 1.29 is 30.0 Å². The average Bonchev–Trinajstić information content (AvgIpc) is 2.18. The first-order valence-corrected chi connectivity index (χ1v) is 6.69. The van der Waals surface area contributed by atoms with Crippen LogP contribution >= 0.6 is 0 Å². The summed E-state index contributed by atoms with van der Waals surface area (Å²) < 4.78 is 84.6. The first kappa shape index (κ1) is 13.5. The molecule has 0 aliphatic carbocycles. The van der Waals surface area contributed by atoms with Gasteiger partial charge in [-0.15, -0.1) is 0 Å². The van der Waals surface area contributed by atoms with Gasteiger partial charge in [0.15, 0.2) is 0 Å². The molecule has 94 valence electrons. The number of halogens is 3. The van der Waals surface area contributed by atoms with Gasteiger partial charge < -0.3 is 0 Å². The van der Waals surface area contributed by atoms with Crippen LogP contribution in [0.2, 0.25) is 0 Å². The van der Waals surface area contributed by atoms with E-state index in [4.69, 9.17) is 0 Å². The zero-order chi connectivity index (χ0) is 13.2. The molecule has 1 atom stereocenters. The summed E-state index contributed by atoms with van der Waals surface area (Å²) in [6.07, 6.45) is 0. The molecule has 0 aromatic heterocycles. The van der Waals surface area contributed by atoms with Crippen LogP contribution in [0.4, 0.5) is 13.2 Å². The van der Waals surface area contributed by atoms with Gasteiger partial charge in [-0.1, -0.05) is 10.3 Å². The fourth-order valence-corrected chi connectivity index (χ4v) is 5.43. The highest BCUT2D eigenvalue weighted by atomic mass is 32.3. The molecule has 16 heavy (non-hydrogen) atoms. The van der Waals surface area contributed by atoms with Gasteiger partial charge in [-0.3, -0.25) is 0 Å². The van der Waals surface area contributed by atoms with Crippen molar-refractivity contribution >= 4 is 20.0 Å². The summed E-state index contributed by atoms with van der Waals surface area (Å²) in [7, 11) is -10.6.